The maximum absolute atomic E-state index is 13.5. The highest BCUT2D eigenvalue weighted by molar-refractivity contribution is 14.1. The normalized spacial score (nSPS) is 18.8. The van der Waals surface area contributed by atoms with Gasteiger partial charge in [-0.2, -0.15) is 0 Å². The second-order valence-electron chi connectivity index (χ2n) is 10.1. The SMILES string of the molecule is CCOc1cc([C@@H]2C(C(=O)OC)=C(C)NC3=C2C(=O)CC(C)(C)C3)cc(I)c1OCc1ccccc1Cl. The van der Waals surface area contributed by atoms with Crippen LogP contribution >= 0.6 is 34.2 Å². The number of methoxy groups -OCH3 is 1. The van der Waals surface area contributed by atoms with Crippen molar-refractivity contribution in [2.45, 2.75) is 53.1 Å². The molecule has 0 radical (unpaired) electrons. The quantitative estimate of drug-likeness (QED) is 0.270. The highest BCUT2D eigenvalue weighted by Crippen LogP contribution is 2.48. The zero-order valence-electron chi connectivity index (χ0n) is 21.7. The minimum absolute atomic E-state index is 0.0321. The van der Waals surface area contributed by atoms with Crippen LogP contribution in [-0.4, -0.2) is 25.5 Å². The number of benzene rings is 2. The summed E-state index contributed by atoms with van der Waals surface area (Å²) in [7, 11) is 1.36. The minimum atomic E-state index is -0.572. The molecule has 4 rings (SSSR count). The van der Waals surface area contributed by atoms with Crippen LogP contribution in [0.4, 0.5) is 0 Å². The molecule has 1 N–H and O–H groups in total. The van der Waals surface area contributed by atoms with E-state index in [1.165, 1.54) is 7.11 Å². The van der Waals surface area contributed by atoms with Gasteiger partial charge in [0.15, 0.2) is 17.3 Å². The van der Waals surface area contributed by atoms with Crippen LogP contribution in [0.3, 0.4) is 0 Å². The van der Waals surface area contributed by atoms with Crippen LogP contribution in [0.1, 0.15) is 57.6 Å². The standard InChI is InChI=1S/C29H31ClINO5/c1-6-36-23-12-18(11-20(31)27(23)37-15-17-9-7-8-10-19(17)30)25-24(28(34)35-5)16(2)32-21-13-29(3,4)14-22(33)26(21)25/h7-12,25,32H,6,13-15H2,1-5H3/t25-/m1/s1. The average Bonchev–Trinajstić information content (AvgIpc) is 2.82. The van der Waals surface area contributed by atoms with E-state index in [4.69, 9.17) is 25.8 Å². The van der Waals surface area contributed by atoms with Gasteiger partial charge in [-0.3, -0.25) is 4.79 Å². The van der Waals surface area contributed by atoms with Crippen LogP contribution in [0.5, 0.6) is 11.5 Å². The largest absolute Gasteiger partial charge is 0.490 e. The summed E-state index contributed by atoms with van der Waals surface area (Å²) < 4.78 is 18.2. The van der Waals surface area contributed by atoms with Crippen LogP contribution in [-0.2, 0) is 20.9 Å². The Morgan fingerprint density at radius 1 is 1.19 bits per heavy atom. The fourth-order valence-electron chi connectivity index (χ4n) is 5.07. The summed E-state index contributed by atoms with van der Waals surface area (Å²) in [5.41, 5.74) is 4.07. The highest BCUT2D eigenvalue weighted by atomic mass is 127. The fourth-order valence-corrected chi connectivity index (χ4v) is 6.04. The zero-order valence-corrected chi connectivity index (χ0v) is 24.6. The number of carbonyl (C=O) groups is 2. The Bertz CT molecular complexity index is 1310. The van der Waals surface area contributed by atoms with Gasteiger partial charge in [-0.25, -0.2) is 4.79 Å². The van der Waals surface area contributed by atoms with Crippen LogP contribution in [0.2, 0.25) is 5.02 Å². The molecule has 0 aromatic heterocycles. The van der Waals surface area contributed by atoms with E-state index < -0.39 is 11.9 Å². The molecule has 0 amide bonds. The van der Waals surface area contributed by atoms with E-state index in [1.807, 2.05) is 50.2 Å². The van der Waals surface area contributed by atoms with Gasteiger partial charge in [0, 0.05) is 39.9 Å². The molecular weight excluding hydrogens is 605 g/mol. The van der Waals surface area contributed by atoms with Gasteiger partial charge >= 0.3 is 5.97 Å². The van der Waals surface area contributed by atoms with Gasteiger partial charge < -0.3 is 19.5 Å². The van der Waals surface area contributed by atoms with Crippen LogP contribution in [0.25, 0.3) is 0 Å². The second kappa shape index (κ2) is 11.1. The molecule has 0 saturated heterocycles. The van der Waals surface area contributed by atoms with E-state index in [9.17, 15) is 9.59 Å². The number of ketones is 1. The van der Waals surface area contributed by atoms with Crippen LogP contribution < -0.4 is 14.8 Å². The molecule has 1 aliphatic carbocycles. The third-order valence-electron chi connectivity index (χ3n) is 6.64. The Morgan fingerprint density at radius 2 is 1.92 bits per heavy atom. The Labute approximate surface area is 236 Å². The number of rotatable bonds is 7. The highest BCUT2D eigenvalue weighted by Gasteiger charge is 2.43. The minimum Gasteiger partial charge on any atom is -0.490 e. The number of halogens is 2. The van der Waals surface area contributed by atoms with Crippen LogP contribution in [0.15, 0.2) is 58.9 Å². The number of dihydropyridines is 1. The lowest BCUT2D eigenvalue weighted by molar-refractivity contribution is -0.136. The zero-order chi connectivity index (χ0) is 26.9. The molecule has 0 spiro atoms. The number of allylic oxidation sites excluding steroid dienone is 3. The van der Waals surface area contributed by atoms with Crippen molar-refractivity contribution in [3.8, 4) is 11.5 Å². The summed E-state index contributed by atoms with van der Waals surface area (Å²) in [6.07, 6.45) is 1.12. The van der Waals surface area contributed by atoms with Crippen molar-refractivity contribution >= 4 is 45.9 Å². The predicted octanol–water partition coefficient (Wildman–Crippen LogP) is 6.70. The lowest BCUT2D eigenvalue weighted by Gasteiger charge is -2.39. The first kappa shape index (κ1) is 27.5. The summed E-state index contributed by atoms with van der Waals surface area (Å²) in [4.78, 5) is 26.5. The lowest BCUT2D eigenvalue weighted by Crippen LogP contribution is -2.38. The number of esters is 1. The molecule has 0 saturated carbocycles. The van der Waals surface area contributed by atoms with Crippen LogP contribution in [0, 0.1) is 8.99 Å². The van der Waals surface area contributed by atoms with Crippen molar-refractivity contribution in [3.63, 3.8) is 0 Å². The first-order valence-corrected chi connectivity index (χ1v) is 13.7. The molecule has 2 aliphatic rings. The first-order chi connectivity index (χ1) is 17.6. The molecule has 8 heteroatoms. The van der Waals surface area contributed by atoms with Crippen molar-refractivity contribution in [1.29, 1.82) is 0 Å². The fraction of sp³-hybridized carbons (Fsp3) is 0.379. The van der Waals surface area contributed by atoms with Crippen molar-refractivity contribution in [1.82, 2.24) is 5.32 Å². The Morgan fingerprint density at radius 3 is 2.59 bits per heavy atom. The van der Waals surface area contributed by atoms with Gasteiger partial charge in [0.1, 0.15) is 6.61 Å². The average molecular weight is 636 g/mol. The molecule has 196 valence electrons. The summed E-state index contributed by atoms with van der Waals surface area (Å²) in [6, 6.07) is 11.4. The van der Waals surface area contributed by atoms with E-state index >= 15 is 0 Å². The first-order valence-electron chi connectivity index (χ1n) is 12.2. The van der Waals surface area contributed by atoms with Gasteiger partial charge in [0.25, 0.3) is 0 Å². The summed E-state index contributed by atoms with van der Waals surface area (Å²) in [5, 5.41) is 3.97. The molecule has 1 heterocycles. The van der Waals surface area contributed by atoms with Crippen molar-refractivity contribution in [2.24, 2.45) is 5.41 Å². The molecule has 2 aromatic carbocycles. The molecule has 6 nitrogen and oxygen atoms in total. The number of hydrogen-bond acceptors (Lipinski definition) is 6. The van der Waals surface area contributed by atoms with E-state index in [0.29, 0.717) is 52.8 Å². The Hall–Kier alpha value is -2.52. The molecule has 0 unspecified atom stereocenters. The number of Topliss-reactive ketones (excluding diaryl/α,β-unsaturated/α-hetero) is 1. The molecular formula is C29H31ClINO5. The number of ether oxygens (including phenoxy) is 3. The molecule has 37 heavy (non-hydrogen) atoms. The van der Waals surface area contributed by atoms with Gasteiger partial charge in [-0.05, 0) is 72.0 Å². The van der Waals surface area contributed by atoms with E-state index in [2.05, 4.69) is 41.8 Å². The molecule has 0 fully saturated rings. The Kier molecular flexibility index (Phi) is 8.23. The van der Waals surface area contributed by atoms with E-state index in [1.54, 1.807) is 0 Å². The molecule has 1 aliphatic heterocycles. The van der Waals surface area contributed by atoms with Crippen molar-refractivity contribution < 1.29 is 23.8 Å². The molecule has 0 bridgehead atoms. The smallest absolute Gasteiger partial charge is 0.336 e. The number of nitrogens with one attached hydrogen (secondary N) is 1. The predicted molar refractivity (Wildman–Crippen MR) is 152 cm³/mol. The maximum atomic E-state index is 13.5. The topological polar surface area (TPSA) is 73.9 Å². The third kappa shape index (κ3) is 5.67. The maximum Gasteiger partial charge on any atom is 0.336 e. The monoisotopic (exact) mass is 635 g/mol. The van der Waals surface area contributed by atoms with E-state index in [0.717, 1.165) is 20.4 Å². The lowest BCUT2D eigenvalue weighted by atomic mass is 9.68. The summed E-state index contributed by atoms with van der Waals surface area (Å²) in [5.74, 6) is 0.127. The van der Waals surface area contributed by atoms with Gasteiger partial charge in [-0.1, -0.05) is 43.6 Å². The van der Waals surface area contributed by atoms with Crippen molar-refractivity contribution in [3.05, 3.63) is 78.7 Å². The van der Waals surface area contributed by atoms with E-state index in [-0.39, 0.29) is 17.8 Å². The van der Waals surface area contributed by atoms with Gasteiger partial charge in [0.05, 0.1) is 22.9 Å². The van der Waals surface area contributed by atoms with Gasteiger partial charge in [0.2, 0.25) is 0 Å². The van der Waals surface area contributed by atoms with Crippen molar-refractivity contribution in [2.75, 3.05) is 13.7 Å². The molecule has 1 atom stereocenters. The molecule has 2 aromatic rings. The van der Waals surface area contributed by atoms with Gasteiger partial charge in [-0.15, -0.1) is 0 Å². The summed E-state index contributed by atoms with van der Waals surface area (Å²) in [6.45, 7) is 8.62. The second-order valence-corrected chi connectivity index (χ2v) is 11.6. The third-order valence-corrected chi connectivity index (χ3v) is 7.81. The summed E-state index contributed by atoms with van der Waals surface area (Å²) >= 11 is 8.53. The number of carbonyl (C=O) groups excluding carboxylic acids is 2. The number of hydrogen-bond donors (Lipinski definition) is 1. The Balaban J connectivity index is 1.82.